The molecule has 2 aromatic rings. The molecule has 0 bridgehead atoms. The Morgan fingerprint density at radius 2 is 1.56 bits per heavy atom. The molecule has 1 aliphatic rings. The SMILES string of the molecule is O=C(N[C@H](N1CCOCC1)C(Cl)(Cl)[C@@H](Cl)c1ccccc1)c1ccccc1. The van der Waals surface area contributed by atoms with E-state index in [4.69, 9.17) is 39.5 Å². The number of halogens is 3. The minimum Gasteiger partial charge on any atom is -0.379 e. The van der Waals surface area contributed by atoms with Gasteiger partial charge in [0.15, 0.2) is 4.33 Å². The topological polar surface area (TPSA) is 41.6 Å². The number of carbonyl (C=O) groups is 1. The molecule has 1 fully saturated rings. The van der Waals surface area contributed by atoms with E-state index in [0.29, 0.717) is 31.9 Å². The van der Waals surface area contributed by atoms with Crippen LogP contribution < -0.4 is 5.32 Å². The van der Waals surface area contributed by atoms with Gasteiger partial charge in [0.05, 0.1) is 18.6 Å². The predicted octanol–water partition coefficient (Wildman–Crippen LogP) is 4.23. The van der Waals surface area contributed by atoms with E-state index < -0.39 is 15.9 Å². The van der Waals surface area contributed by atoms with Crippen molar-refractivity contribution < 1.29 is 9.53 Å². The van der Waals surface area contributed by atoms with Crippen LogP contribution in [0.5, 0.6) is 0 Å². The van der Waals surface area contributed by atoms with Gasteiger partial charge in [-0.1, -0.05) is 71.7 Å². The highest BCUT2D eigenvalue weighted by atomic mass is 35.5. The fraction of sp³-hybridized carbons (Fsp3) is 0.350. The Labute approximate surface area is 174 Å². The largest absolute Gasteiger partial charge is 0.379 e. The van der Waals surface area contributed by atoms with Gasteiger partial charge in [0, 0.05) is 18.7 Å². The molecule has 4 nitrogen and oxygen atoms in total. The first kappa shape index (κ1) is 20.4. The van der Waals surface area contributed by atoms with Gasteiger partial charge in [-0.15, -0.1) is 11.6 Å². The Hall–Kier alpha value is -1.30. The molecule has 3 rings (SSSR count). The molecule has 27 heavy (non-hydrogen) atoms. The highest BCUT2D eigenvalue weighted by molar-refractivity contribution is 6.52. The van der Waals surface area contributed by atoms with Crippen molar-refractivity contribution in [2.24, 2.45) is 0 Å². The van der Waals surface area contributed by atoms with Gasteiger partial charge in [-0.2, -0.15) is 0 Å². The Kier molecular flexibility index (Phi) is 7.01. The van der Waals surface area contributed by atoms with Crippen LogP contribution in [0.2, 0.25) is 0 Å². The lowest BCUT2D eigenvalue weighted by Gasteiger charge is -2.42. The molecular weight excluding hydrogens is 407 g/mol. The summed E-state index contributed by atoms with van der Waals surface area (Å²) in [5.74, 6) is -0.255. The number of nitrogens with one attached hydrogen (secondary N) is 1. The van der Waals surface area contributed by atoms with Crippen LogP contribution in [0.3, 0.4) is 0 Å². The lowest BCUT2D eigenvalue weighted by atomic mass is 10.1. The molecule has 0 aliphatic carbocycles. The maximum absolute atomic E-state index is 12.8. The van der Waals surface area contributed by atoms with E-state index in [-0.39, 0.29) is 5.91 Å². The minimum atomic E-state index is -1.45. The fourth-order valence-corrected chi connectivity index (χ4v) is 3.95. The van der Waals surface area contributed by atoms with E-state index >= 15 is 0 Å². The van der Waals surface area contributed by atoms with Gasteiger partial charge in [0.25, 0.3) is 5.91 Å². The van der Waals surface area contributed by atoms with Crippen LogP contribution in [0, 0.1) is 0 Å². The van der Waals surface area contributed by atoms with Crippen molar-refractivity contribution in [3.63, 3.8) is 0 Å². The maximum Gasteiger partial charge on any atom is 0.252 e. The molecule has 1 saturated heterocycles. The lowest BCUT2D eigenvalue weighted by Crippen LogP contribution is -2.60. The normalized spacial score (nSPS) is 17.9. The smallest absolute Gasteiger partial charge is 0.252 e. The van der Waals surface area contributed by atoms with Crippen LogP contribution in [0.4, 0.5) is 0 Å². The molecule has 1 aliphatic heterocycles. The average molecular weight is 428 g/mol. The van der Waals surface area contributed by atoms with Gasteiger partial charge < -0.3 is 10.1 Å². The van der Waals surface area contributed by atoms with E-state index in [0.717, 1.165) is 5.56 Å². The van der Waals surface area contributed by atoms with E-state index in [1.807, 2.05) is 53.4 Å². The molecule has 1 amide bonds. The van der Waals surface area contributed by atoms with Gasteiger partial charge >= 0.3 is 0 Å². The van der Waals surface area contributed by atoms with E-state index in [9.17, 15) is 4.79 Å². The third kappa shape index (κ3) is 4.95. The zero-order valence-corrected chi connectivity index (χ0v) is 16.9. The molecule has 2 aromatic carbocycles. The summed E-state index contributed by atoms with van der Waals surface area (Å²) in [6.07, 6.45) is -0.680. The van der Waals surface area contributed by atoms with Crippen LogP contribution in [0.25, 0.3) is 0 Å². The molecule has 1 heterocycles. The number of ether oxygens (including phenoxy) is 1. The van der Waals surface area contributed by atoms with Crippen molar-refractivity contribution in [3.8, 4) is 0 Å². The van der Waals surface area contributed by atoms with Crippen molar-refractivity contribution in [2.75, 3.05) is 26.3 Å². The van der Waals surface area contributed by atoms with Crippen LogP contribution in [0.15, 0.2) is 60.7 Å². The summed E-state index contributed by atoms with van der Waals surface area (Å²) < 4.78 is 3.97. The maximum atomic E-state index is 12.8. The second-order valence-electron chi connectivity index (χ2n) is 6.34. The zero-order valence-electron chi connectivity index (χ0n) is 14.7. The van der Waals surface area contributed by atoms with Crippen LogP contribution in [-0.2, 0) is 4.74 Å². The number of benzene rings is 2. The van der Waals surface area contributed by atoms with Gasteiger partial charge in [-0.3, -0.25) is 9.69 Å². The van der Waals surface area contributed by atoms with Crippen molar-refractivity contribution in [3.05, 3.63) is 71.8 Å². The number of nitrogens with zero attached hydrogens (tertiary/aromatic N) is 1. The van der Waals surface area contributed by atoms with E-state index in [1.54, 1.807) is 12.1 Å². The molecular formula is C20H21Cl3N2O2. The van der Waals surface area contributed by atoms with Crippen LogP contribution in [0.1, 0.15) is 21.3 Å². The minimum absolute atomic E-state index is 0.255. The summed E-state index contributed by atoms with van der Waals surface area (Å²) in [6.45, 7) is 2.28. The number of amides is 1. The fourth-order valence-electron chi connectivity index (χ4n) is 3.05. The number of carbonyl (C=O) groups excluding carboxylic acids is 1. The Bertz CT molecular complexity index is 737. The first-order valence-electron chi connectivity index (χ1n) is 8.74. The van der Waals surface area contributed by atoms with Crippen molar-refractivity contribution in [2.45, 2.75) is 15.9 Å². The van der Waals surface area contributed by atoms with Crippen molar-refractivity contribution >= 4 is 40.7 Å². The molecule has 0 aromatic heterocycles. The summed E-state index contributed by atoms with van der Waals surface area (Å²) in [6, 6.07) is 18.3. The first-order chi connectivity index (χ1) is 13.0. The highest BCUT2D eigenvalue weighted by Gasteiger charge is 2.46. The molecule has 7 heteroatoms. The predicted molar refractivity (Wildman–Crippen MR) is 110 cm³/mol. The summed E-state index contributed by atoms with van der Waals surface area (Å²) in [5.41, 5.74) is 1.32. The molecule has 0 unspecified atom stereocenters. The molecule has 0 spiro atoms. The van der Waals surface area contributed by atoms with Gasteiger partial charge in [-0.25, -0.2) is 0 Å². The Morgan fingerprint density at radius 3 is 2.15 bits per heavy atom. The summed E-state index contributed by atoms with van der Waals surface area (Å²) in [7, 11) is 0. The molecule has 1 N–H and O–H groups in total. The molecule has 144 valence electrons. The first-order valence-corrected chi connectivity index (χ1v) is 9.94. The number of alkyl halides is 3. The summed E-state index contributed by atoms with van der Waals surface area (Å²) >= 11 is 20.2. The van der Waals surface area contributed by atoms with Gasteiger partial charge in [0.2, 0.25) is 0 Å². The standard InChI is InChI=1S/C20H21Cl3N2O2/c21-17(15-7-3-1-4-8-15)20(22,23)19(25-11-13-27-14-12-25)24-18(26)16-9-5-2-6-10-16/h1-10,17,19H,11-14H2,(H,24,26)/t17-,19+/m0/s1. The monoisotopic (exact) mass is 426 g/mol. The zero-order chi connectivity index (χ0) is 19.3. The number of rotatable bonds is 6. The molecule has 2 atom stereocenters. The van der Waals surface area contributed by atoms with Crippen LogP contribution >= 0.6 is 34.8 Å². The lowest BCUT2D eigenvalue weighted by molar-refractivity contribution is 0.00484. The second-order valence-corrected chi connectivity index (χ2v) is 8.22. The Balaban J connectivity index is 1.87. The Morgan fingerprint density at radius 1 is 1.00 bits per heavy atom. The number of hydrogen-bond donors (Lipinski definition) is 1. The quantitative estimate of drug-likeness (QED) is 0.702. The van der Waals surface area contributed by atoms with Gasteiger partial charge in [0.1, 0.15) is 6.17 Å². The van der Waals surface area contributed by atoms with Crippen molar-refractivity contribution in [1.82, 2.24) is 10.2 Å². The second kappa shape index (κ2) is 9.26. The van der Waals surface area contributed by atoms with Crippen LogP contribution in [-0.4, -0.2) is 47.6 Å². The molecule has 0 radical (unpaired) electrons. The summed E-state index contributed by atoms with van der Waals surface area (Å²) in [4.78, 5) is 14.8. The number of hydrogen-bond acceptors (Lipinski definition) is 3. The van der Waals surface area contributed by atoms with E-state index in [2.05, 4.69) is 5.32 Å². The third-order valence-corrected chi connectivity index (χ3v) is 6.18. The third-order valence-electron chi connectivity index (χ3n) is 4.51. The average Bonchev–Trinajstić information content (AvgIpc) is 2.73. The van der Waals surface area contributed by atoms with Crippen molar-refractivity contribution in [1.29, 1.82) is 0 Å². The van der Waals surface area contributed by atoms with Gasteiger partial charge in [-0.05, 0) is 17.7 Å². The summed E-state index contributed by atoms with van der Waals surface area (Å²) in [5, 5.41) is 2.26. The number of morpholine rings is 1. The molecule has 0 saturated carbocycles. The van der Waals surface area contributed by atoms with E-state index in [1.165, 1.54) is 0 Å². The highest BCUT2D eigenvalue weighted by Crippen LogP contribution is 2.44.